The van der Waals surface area contributed by atoms with Gasteiger partial charge in [-0.2, -0.15) is 9.78 Å². The Hall–Kier alpha value is -3.96. The molecule has 0 fully saturated rings. The summed E-state index contributed by atoms with van der Waals surface area (Å²) < 4.78 is 16.8. The molecule has 12 heteroatoms. The van der Waals surface area contributed by atoms with Crippen molar-refractivity contribution in [2.24, 2.45) is 5.10 Å². The number of nitrogen functional groups attached to an aromatic ring is 1. The minimum absolute atomic E-state index is 0.0486. The van der Waals surface area contributed by atoms with Gasteiger partial charge in [0.05, 0.1) is 25.1 Å². The molecule has 164 valence electrons. The Balaban J connectivity index is 1.82. The molecule has 3 aromatic rings. The molecule has 0 aliphatic rings. The van der Waals surface area contributed by atoms with E-state index in [0.29, 0.717) is 35.9 Å². The number of nitrogens with one attached hydrogen (secondary N) is 1. The minimum Gasteiger partial charge on any atom is -0.493 e. The van der Waals surface area contributed by atoms with E-state index < -0.39 is 5.91 Å². The Morgan fingerprint density at radius 3 is 2.74 bits per heavy atom. The molecule has 2 heterocycles. The largest absolute Gasteiger partial charge is 0.493 e. The van der Waals surface area contributed by atoms with Crippen LogP contribution in [0.25, 0.3) is 5.82 Å². The standard InChI is InChI=1S/C19H24N8O4/c1-5-7-13-16(22-26-27(13)18-17(20)24-31-25-18)19(28)23-21-11(3)12-8-9-14(30-6-2)15(10-12)29-4/h8-10H,5-7H2,1-4H3,(H2,20,24)(H,23,28)/b21-11-. The molecular weight excluding hydrogens is 404 g/mol. The Kier molecular flexibility index (Phi) is 6.80. The zero-order valence-corrected chi connectivity index (χ0v) is 17.7. The second kappa shape index (κ2) is 9.69. The number of hydrogen-bond donors (Lipinski definition) is 2. The molecule has 0 bridgehead atoms. The smallest absolute Gasteiger partial charge is 0.293 e. The Bertz CT molecular complexity index is 1090. The van der Waals surface area contributed by atoms with Gasteiger partial charge in [0.25, 0.3) is 5.91 Å². The van der Waals surface area contributed by atoms with Crippen LogP contribution < -0.4 is 20.6 Å². The van der Waals surface area contributed by atoms with Crippen LogP contribution in [0, 0.1) is 0 Å². The van der Waals surface area contributed by atoms with Crippen LogP contribution in [0.2, 0.25) is 0 Å². The monoisotopic (exact) mass is 428 g/mol. The first kappa shape index (κ1) is 21.7. The lowest BCUT2D eigenvalue weighted by Crippen LogP contribution is -2.21. The fraction of sp³-hybridized carbons (Fsp3) is 0.368. The van der Waals surface area contributed by atoms with Crippen LogP contribution in [-0.4, -0.2) is 50.6 Å². The summed E-state index contributed by atoms with van der Waals surface area (Å²) in [7, 11) is 1.56. The Labute approximate surface area is 178 Å². The van der Waals surface area contributed by atoms with E-state index in [-0.39, 0.29) is 17.3 Å². The average molecular weight is 428 g/mol. The SMILES string of the molecule is CCCc1c(C(=O)N/N=C(/C)c2ccc(OCC)c(OC)c2)nnn1-c1nonc1N. The number of nitrogens with zero attached hydrogens (tertiary/aromatic N) is 6. The van der Waals surface area contributed by atoms with Crippen molar-refractivity contribution in [1.29, 1.82) is 0 Å². The van der Waals surface area contributed by atoms with E-state index in [9.17, 15) is 4.79 Å². The summed E-state index contributed by atoms with van der Waals surface area (Å²) in [6.45, 7) is 6.15. The number of ether oxygens (including phenoxy) is 2. The Morgan fingerprint density at radius 2 is 2.10 bits per heavy atom. The molecule has 3 rings (SSSR count). The molecular formula is C19H24N8O4. The van der Waals surface area contributed by atoms with Gasteiger partial charge < -0.3 is 15.2 Å². The van der Waals surface area contributed by atoms with Gasteiger partial charge in [-0.15, -0.1) is 5.10 Å². The topological polar surface area (TPSA) is 156 Å². The summed E-state index contributed by atoms with van der Waals surface area (Å²) in [6.07, 6.45) is 1.26. The van der Waals surface area contributed by atoms with Gasteiger partial charge in [0, 0.05) is 5.56 Å². The van der Waals surface area contributed by atoms with Crippen LogP contribution in [0.5, 0.6) is 11.5 Å². The van der Waals surface area contributed by atoms with E-state index in [4.69, 9.17) is 15.2 Å². The maximum Gasteiger partial charge on any atom is 0.293 e. The normalized spacial score (nSPS) is 11.4. The van der Waals surface area contributed by atoms with Crippen molar-refractivity contribution in [2.45, 2.75) is 33.6 Å². The fourth-order valence-corrected chi connectivity index (χ4v) is 2.87. The van der Waals surface area contributed by atoms with Crippen molar-refractivity contribution in [3.63, 3.8) is 0 Å². The number of methoxy groups -OCH3 is 1. The first-order chi connectivity index (χ1) is 15.0. The third-order valence-electron chi connectivity index (χ3n) is 4.37. The van der Waals surface area contributed by atoms with Crippen LogP contribution in [0.1, 0.15) is 48.9 Å². The van der Waals surface area contributed by atoms with Gasteiger partial charge in [0.1, 0.15) is 0 Å². The van der Waals surface area contributed by atoms with E-state index in [1.807, 2.05) is 19.9 Å². The zero-order chi connectivity index (χ0) is 22.4. The lowest BCUT2D eigenvalue weighted by Gasteiger charge is -2.11. The predicted octanol–water partition coefficient (Wildman–Crippen LogP) is 1.75. The third kappa shape index (κ3) is 4.63. The number of nitrogens with two attached hydrogens (primary N) is 1. The van der Waals surface area contributed by atoms with Gasteiger partial charge >= 0.3 is 0 Å². The average Bonchev–Trinajstić information content (AvgIpc) is 3.38. The highest BCUT2D eigenvalue weighted by Crippen LogP contribution is 2.28. The quantitative estimate of drug-likeness (QED) is 0.383. The third-order valence-corrected chi connectivity index (χ3v) is 4.37. The molecule has 0 unspecified atom stereocenters. The van der Waals surface area contributed by atoms with Crippen molar-refractivity contribution < 1.29 is 18.9 Å². The molecule has 1 amide bonds. The van der Waals surface area contributed by atoms with Crippen LogP contribution >= 0.6 is 0 Å². The highest BCUT2D eigenvalue weighted by Gasteiger charge is 2.23. The Morgan fingerprint density at radius 1 is 1.29 bits per heavy atom. The van der Waals surface area contributed by atoms with Crippen molar-refractivity contribution >= 4 is 17.4 Å². The number of aromatic nitrogens is 5. The molecule has 3 N–H and O–H groups in total. The molecule has 0 saturated heterocycles. The minimum atomic E-state index is -0.512. The number of benzene rings is 1. The van der Waals surface area contributed by atoms with Crippen LogP contribution in [0.15, 0.2) is 27.9 Å². The maximum atomic E-state index is 12.7. The molecule has 0 saturated carbocycles. The molecule has 0 radical (unpaired) electrons. The summed E-state index contributed by atoms with van der Waals surface area (Å²) in [4.78, 5) is 12.7. The first-order valence-electron chi connectivity index (χ1n) is 9.68. The lowest BCUT2D eigenvalue weighted by atomic mass is 10.1. The maximum absolute atomic E-state index is 12.7. The second-order valence-electron chi connectivity index (χ2n) is 6.46. The number of hydrogen-bond acceptors (Lipinski definition) is 10. The van der Waals surface area contributed by atoms with Gasteiger partial charge in [-0.1, -0.05) is 18.6 Å². The van der Waals surface area contributed by atoms with Crippen LogP contribution in [-0.2, 0) is 6.42 Å². The van der Waals surface area contributed by atoms with Gasteiger partial charge in [-0.25, -0.2) is 10.1 Å². The number of amides is 1. The van der Waals surface area contributed by atoms with E-state index in [2.05, 4.69) is 35.8 Å². The van der Waals surface area contributed by atoms with Crippen molar-refractivity contribution in [2.75, 3.05) is 19.5 Å². The summed E-state index contributed by atoms with van der Waals surface area (Å²) in [5.74, 6) is 0.922. The summed E-state index contributed by atoms with van der Waals surface area (Å²) in [5.41, 5.74) is 10.2. The number of carbonyl (C=O) groups excluding carboxylic acids is 1. The van der Waals surface area contributed by atoms with Gasteiger partial charge in [0.2, 0.25) is 11.6 Å². The molecule has 0 aliphatic heterocycles. The van der Waals surface area contributed by atoms with Gasteiger partial charge in [-0.05, 0) is 48.8 Å². The van der Waals surface area contributed by atoms with E-state index in [1.54, 1.807) is 26.2 Å². The van der Waals surface area contributed by atoms with Crippen LogP contribution in [0.4, 0.5) is 5.82 Å². The van der Waals surface area contributed by atoms with Crippen molar-refractivity contribution in [3.8, 4) is 17.3 Å². The number of hydrazone groups is 1. The highest BCUT2D eigenvalue weighted by molar-refractivity contribution is 6.01. The van der Waals surface area contributed by atoms with Crippen molar-refractivity contribution in [1.82, 2.24) is 30.7 Å². The molecule has 31 heavy (non-hydrogen) atoms. The molecule has 2 aromatic heterocycles. The van der Waals surface area contributed by atoms with Gasteiger partial charge in [0.15, 0.2) is 17.2 Å². The summed E-state index contributed by atoms with van der Waals surface area (Å²) in [6, 6.07) is 5.41. The van der Waals surface area contributed by atoms with Crippen LogP contribution in [0.3, 0.4) is 0 Å². The molecule has 12 nitrogen and oxygen atoms in total. The van der Waals surface area contributed by atoms with Gasteiger partial charge in [-0.3, -0.25) is 4.79 Å². The first-order valence-corrected chi connectivity index (χ1v) is 9.68. The number of rotatable bonds is 9. The lowest BCUT2D eigenvalue weighted by molar-refractivity contribution is 0.0948. The molecule has 1 aromatic carbocycles. The van der Waals surface area contributed by atoms with E-state index in [1.165, 1.54) is 4.68 Å². The van der Waals surface area contributed by atoms with E-state index >= 15 is 0 Å². The second-order valence-corrected chi connectivity index (χ2v) is 6.46. The summed E-state index contributed by atoms with van der Waals surface area (Å²) in [5, 5.41) is 19.4. The fourth-order valence-electron chi connectivity index (χ4n) is 2.87. The van der Waals surface area contributed by atoms with Crippen molar-refractivity contribution in [3.05, 3.63) is 35.2 Å². The molecule has 0 atom stereocenters. The zero-order valence-electron chi connectivity index (χ0n) is 17.7. The molecule has 0 aliphatic carbocycles. The highest BCUT2D eigenvalue weighted by atomic mass is 16.6. The predicted molar refractivity (Wildman–Crippen MR) is 111 cm³/mol. The molecule has 0 spiro atoms. The number of carbonyl (C=O) groups is 1. The summed E-state index contributed by atoms with van der Waals surface area (Å²) >= 11 is 0. The van der Waals surface area contributed by atoms with E-state index in [0.717, 1.165) is 12.0 Å². The number of anilines is 1.